The summed E-state index contributed by atoms with van der Waals surface area (Å²) in [5.74, 6) is -4.08. The first-order chi connectivity index (χ1) is 11.1. The molecule has 1 aromatic carbocycles. The number of para-hydroxylation sites is 1. The van der Waals surface area contributed by atoms with Crippen molar-refractivity contribution < 1.29 is 37.7 Å². The molecule has 0 aromatic heterocycles. The Morgan fingerprint density at radius 2 is 2.00 bits per heavy atom. The van der Waals surface area contributed by atoms with E-state index in [0.29, 0.717) is 0 Å². The molecule has 1 heterocycles. The molecule has 132 valence electrons. The highest BCUT2D eigenvalue weighted by molar-refractivity contribution is 5.83. The van der Waals surface area contributed by atoms with Gasteiger partial charge in [-0.15, -0.1) is 0 Å². The third-order valence-electron chi connectivity index (χ3n) is 3.62. The van der Waals surface area contributed by atoms with Crippen LogP contribution in [-0.2, 0) is 9.53 Å². The molecule has 2 amide bonds. The average molecular weight is 348 g/mol. The number of aromatic hydroxyl groups is 1. The second-order valence-corrected chi connectivity index (χ2v) is 5.13. The van der Waals surface area contributed by atoms with Gasteiger partial charge in [0.15, 0.2) is 0 Å². The van der Waals surface area contributed by atoms with E-state index in [9.17, 15) is 33.0 Å². The van der Waals surface area contributed by atoms with Gasteiger partial charge in [0.2, 0.25) is 0 Å². The number of carbonyl (C=O) groups is 2. The van der Waals surface area contributed by atoms with Crippen LogP contribution in [0.5, 0.6) is 5.75 Å². The van der Waals surface area contributed by atoms with Crippen LogP contribution in [0.25, 0.3) is 0 Å². The topological polar surface area (TPSA) is 108 Å². The molecule has 4 N–H and O–H groups in total. The quantitative estimate of drug-likeness (QED) is 0.614. The Kier molecular flexibility index (Phi) is 4.61. The van der Waals surface area contributed by atoms with E-state index in [2.05, 4.69) is 10.1 Å². The highest BCUT2D eigenvalue weighted by atomic mass is 19.4. The molecule has 1 fully saturated rings. The maximum atomic E-state index is 13.4. The van der Waals surface area contributed by atoms with Gasteiger partial charge >= 0.3 is 18.2 Å². The molecular weight excluding hydrogens is 333 g/mol. The Labute approximate surface area is 134 Å². The number of benzene rings is 1. The third-order valence-corrected chi connectivity index (χ3v) is 3.62. The maximum absolute atomic E-state index is 13.4. The number of halogens is 3. The van der Waals surface area contributed by atoms with Crippen molar-refractivity contribution in [3.63, 3.8) is 0 Å². The van der Waals surface area contributed by atoms with Crippen molar-refractivity contribution in [2.75, 3.05) is 6.61 Å². The number of hydrogen-bond acceptors (Lipinski definition) is 5. The van der Waals surface area contributed by atoms with Crippen LogP contribution in [-0.4, -0.2) is 40.7 Å². The molecule has 1 saturated heterocycles. The summed E-state index contributed by atoms with van der Waals surface area (Å²) in [6.45, 7) is 1.15. The number of urea groups is 1. The van der Waals surface area contributed by atoms with Crippen molar-refractivity contribution in [3.8, 4) is 5.75 Å². The number of rotatable bonds is 3. The molecule has 0 aliphatic carbocycles. The molecule has 1 aromatic rings. The number of phenols is 1. The predicted molar refractivity (Wildman–Crippen MR) is 73.6 cm³/mol. The number of alkyl halides is 3. The van der Waals surface area contributed by atoms with E-state index in [-0.39, 0.29) is 12.2 Å². The summed E-state index contributed by atoms with van der Waals surface area (Å²) in [4.78, 5) is 23.7. The minimum atomic E-state index is -5.36. The molecule has 0 saturated carbocycles. The summed E-state index contributed by atoms with van der Waals surface area (Å²) in [5, 5.41) is 23.4. The van der Waals surface area contributed by atoms with Crippen LogP contribution < -0.4 is 10.6 Å². The summed E-state index contributed by atoms with van der Waals surface area (Å²) < 4.78 is 44.8. The van der Waals surface area contributed by atoms with Crippen molar-refractivity contribution in [2.45, 2.75) is 24.9 Å². The highest BCUT2D eigenvalue weighted by Crippen LogP contribution is 2.44. The molecule has 7 nitrogen and oxygen atoms in total. The van der Waals surface area contributed by atoms with Gasteiger partial charge in [0, 0.05) is 5.56 Å². The molecule has 0 bridgehead atoms. The SMILES string of the molecule is CCOC(=O)[C@H]1[C@H](c2ccccc2O)NC(=O)N[C@@]1(O)C(F)(F)F. The lowest BCUT2D eigenvalue weighted by molar-refractivity contribution is -0.294. The minimum absolute atomic E-state index is 0.159. The van der Waals surface area contributed by atoms with E-state index >= 15 is 0 Å². The van der Waals surface area contributed by atoms with Gasteiger partial charge in [-0.2, -0.15) is 13.2 Å². The summed E-state index contributed by atoms with van der Waals surface area (Å²) in [6.07, 6.45) is -5.36. The first-order valence-corrected chi connectivity index (χ1v) is 6.94. The van der Waals surface area contributed by atoms with E-state index in [0.717, 1.165) is 0 Å². The standard InChI is InChI=1S/C14H15F3N2O5/c1-2-24-11(21)9-10(7-5-3-4-6-8(7)20)18-12(22)19-13(9,23)14(15,16)17/h3-6,9-10,20,23H,2H2,1H3,(H2,18,19,22)/t9-,10+,13+/m1/s1. The van der Waals surface area contributed by atoms with Crippen LogP contribution >= 0.6 is 0 Å². The molecule has 24 heavy (non-hydrogen) atoms. The largest absolute Gasteiger partial charge is 0.508 e. The zero-order chi connectivity index (χ0) is 18.1. The van der Waals surface area contributed by atoms with Crippen molar-refractivity contribution in [1.29, 1.82) is 0 Å². The van der Waals surface area contributed by atoms with Gasteiger partial charge in [0.1, 0.15) is 11.7 Å². The van der Waals surface area contributed by atoms with E-state index in [1.165, 1.54) is 36.5 Å². The molecule has 1 aliphatic heterocycles. The van der Waals surface area contributed by atoms with Crippen LogP contribution in [0.4, 0.5) is 18.0 Å². The average Bonchev–Trinajstić information content (AvgIpc) is 2.45. The molecule has 2 rings (SSSR count). The Balaban J connectivity index is 2.60. The number of carbonyl (C=O) groups excluding carboxylic acids is 2. The van der Waals surface area contributed by atoms with E-state index in [4.69, 9.17) is 0 Å². The summed E-state index contributed by atoms with van der Waals surface area (Å²) in [7, 11) is 0. The number of aliphatic hydroxyl groups is 1. The van der Waals surface area contributed by atoms with Gasteiger partial charge in [-0.25, -0.2) is 4.79 Å². The minimum Gasteiger partial charge on any atom is -0.508 e. The van der Waals surface area contributed by atoms with E-state index < -0.39 is 41.6 Å². The molecular formula is C14H15F3N2O5. The number of phenolic OH excluding ortho intramolecular Hbond substituents is 1. The Morgan fingerprint density at radius 1 is 1.38 bits per heavy atom. The highest BCUT2D eigenvalue weighted by Gasteiger charge is 2.67. The fourth-order valence-corrected chi connectivity index (χ4v) is 2.55. The number of nitrogens with one attached hydrogen (secondary N) is 2. The summed E-state index contributed by atoms with van der Waals surface area (Å²) in [5.41, 5.74) is -4.01. The zero-order valence-electron chi connectivity index (χ0n) is 12.4. The molecule has 3 atom stereocenters. The van der Waals surface area contributed by atoms with Crippen molar-refractivity contribution in [1.82, 2.24) is 10.6 Å². The van der Waals surface area contributed by atoms with Gasteiger partial charge in [0.25, 0.3) is 5.72 Å². The molecule has 0 unspecified atom stereocenters. The van der Waals surface area contributed by atoms with E-state index in [1.54, 1.807) is 0 Å². The normalized spacial score (nSPS) is 27.1. The fraction of sp³-hybridized carbons (Fsp3) is 0.429. The van der Waals surface area contributed by atoms with Gasteiger partial charge in [-0.3, -0.25) is 4.79 Å². The third kappa shape index (κ3) is 2.96. The molecule has 10 heteroatoms. The summed E-state index contributed by atoms with van der Waals surface area (Å²) >= 11 is 0. The van der Waals surface area contributed by atoms with Crippen LogP contribution in [0, 0.1) is 5.92 Å². The summed E-state index contributed by atoms with van der Waals surface area (Å²) in [6, 6.07) is 2.23. The number of esters is 1. The van der Waals surface area contributed by atoms with Crippen LogP contribution in [0.15, 0.2) is 24.3 Å². The number of hydrogen-bond donors (Lipinski definition) is 4. The molecule has 1 aliphatic rings. The lowest BCUT2D eigenvalue weighted by Crippen LogP contribution is -2.73. The van der Waals surface area contributed by atoms with Gasteiger partial charge in [-0.05, 0) is 13.0 Å². The van der Waals surface area contributed by atoms with Crippen molar-refractivity contribution >= 4 is 12.0 Å². The molecule has 0 spiro atoms. The van der Waals surface area contributed by atoms with Crippen molar-refractivity contribution in [3.05, 3.63) is 29.8 Å². The number of ether oxygens (including phenoxy) is 1. The second kappa shape index (κ2) is 6.19. The first-order valence-electron chi connectivity index (χ1n) is 6.94. The predicted octanol–water partition coefficient (Wildman–Crippen LogP) is 1.18. The van der Waals surface area contributed by atoms with Crippen molar-refractivity contribution in [2.24, 2.45) is 5.92 Å². The second-order valence-electron chi connectivity index (χ2n) is 5.13. The van der Waals surface area contributed by atoms with Gasteiger partial charge in [0.05, 0.1) is 12.6 Å². The first kappa shape index (κ1) is 17.9. The van der Waals surface area contributed by atoms with Crippen LogP contribution in [0.2, 0.25) is 0 Å². The monoisotopic (exact) mass is 348 g/mol. The molecule has 0 radical (unpaired) electrons. The van der Waals surface area contributed by atoms with E-state index in [1.807, 2.05) is 0 Å². The van der Waals surface area contributed by atoms with Gasteiger partial charge < -0.3 is 25.6 Å². The van der Waals surface area contributed by atoms with Crippen LogP contribution in [0.3, 0.4) is 0 Å². The maximum Gasteiger partial charge on any atom is 0.437 e. The lowest BCUT2D eigenvalue weighted by atomic mass is 9.81. The lowest BCUT2D eigenvalue weighted by Gasteiger charge is -2.44. The fourth-order valence-electron chi connectivity index (χ4n) is 2.55. The smallest absolute Gasteiger partial charge is 0.437 e. The number of amides is 2. The van der Waals surface area contributed by atoms with Crippen LogP contribution in [0.1, 0.15) is 18.5 Å². The Hall–Kier alpha value is -2.49. The Morgan fingerprint density at radius 3 is 2.54 bits per heavy atom. The van der Waals surface area contributed by atoms with Gasteiger partial charge in [-0.1, -0.05) is 18.2 Å². The Bertz CT molecular complexity index is 652. The zero-order valence-corrected chi connectivity index (χ0v) is 12.4.